The van der Waals surface area contributed by atoms with Crippen molar-refractivity contribution in [3.63, 3.8) is 0 Å². The maximum Gasteiger partial charge on any atom is -0.0101 e. The number of hydrogen-bond acceptors (Lipinski definition) is 0. The van der Waals surface area contributed by atoms with Crippen molar-refractivity contribution in [3.8, 4) is 0 Å². The van der Waals surface area contributed by atoms with Gasteiger partial charge < -0.3 is 0 Å². The zero-order valence-corrected chi connectivity index (χ0v) is 8.80. The normalized spacial score (nSPS) is 25.3. The maximum absolute atomic E-state index is 2.36. The average molecular weight is 174 g/mol. The monoisotopic (exact) mass is 174 g/mol. The van der Waals surface area contributed by atoms with E-state index in [1.54, 1.807) is 11.1 Å². The van der Waals surface area contributed by atoms with Crippen LogP contribution >= 0.6 is 0 Å². The van der Waals surface area contributed by atoms with Crippen LogP contribution < -0.4 is 0 Å². The summed E-state index contributed by atoms with van der Waals surface area (Å²) in [5, 5.41) is 0. The zero-order valence-electron chi connectivity index (χ0n) is 8.80. The molecule has 13 heavy (non-hydrogen) atoms. The fourth-order valence-electron chi connectivity index (χ4n) is 2.41. The molecule has 1 aliphatic carbocycles. The minimum absolute atomic E-state index is 0.392. The van der Waals surface area contributed by atoms with Crippen molar-refractivity contribution in [1.82, 2.24) is 0 Å². The summed E-state index contributed by atoms with van der Waals surface area (Å²) in [6.07, 6.45) is 2.66. The second-order valence-electron chi connectivity index (χ2n) is 4.91. The summed E-state index contributed by atoms with van der Waals surface area (Å²) in [4.78, 5) is 0. The molecule has 0 radical (unpaired) electrons. The molecule has 0 heterocycles. The molecule has 0 spiro atoms. The summed E-state index contributed by atoms with van der Waals surface area (Å²) in [6.45, 7) is 7.06. The zero-order chi connectivity index (χ0) is 9.47. The van der Waals surface area contributed by atoms with Gasteiger partial charge in [-0.05, 0) is 35.3 Å². The summed E-state index contributed by atoms with van der Waals surface area (Å²) in [6, 6.07) is 8.92. The van der Waals surface area contributed by atoms with E-state index in [2.05, 4.69) is 45.0 Å². The van der Waals surface area contributed by atoms with Crippen LogP contribution in [0.2, 0.25) is 0 Å². The fraction of sp³-hybridized carbons (Fsp3) is 0.538. The van der Waals surface area contributed by atoms with Gasteiger partial charge in [-0.3, -0.25) is 0 Å². The summed E-state index contributed by atoms with van der Waals surface area (Å²) >= 11 is 0. The van der Waals surface area contributed by atoms with Crippen molar-refractivity contribution < 1.29 is 0 Å². The average Bonchev–Trinajstić information content (AvgIpc) is 2.13. The van der Waals surface area contributed by atoms with Crippen molar-refractivity contribution in [3.05, 3.63) is 35.4 Å². The Morgan fingerprint density at radius 3 is 2.62 bits per heavy atom. The molecule has 1 aliphatic rings. The standard InChI is InChI=1S/C13H18/c1-10-8-9-13(2,3)12-7-5-4-6-11(10)12/h4-7,10H,8-9H2,1-3H3. The Kier molecular flexibility index (Phi) is 1.94. The van der Waals surface area contributed by atoms with E-state index in [-0.39, 0.29) is 0 Å². The maximum atomic E-state index is 2.36. The van der Waals surface area contributed by atoms with Crippen LogP contribution in [0.4, 0.5) is 0 Å². The molecule has 0 fully saturated rings. The molecule has 0 bridgehead atoms. The van der Waals surface area contributed by atoms with E-state index in [0.717, 1.165) is 5.92 Å². The third-order valence-corrected chi connectivity index (χ3v) is 3.42. The Bertz CT molecular complexity index is 310. The molecule has 0 heteroatoms. The van der Waals surface area contributed by atoms with Crippen LogP contribution in [0, 0.1) is 0 Å². The Balaban J connectivity index is 2.55. The Labute approximate surface area is 81.0 Å². The summed E-state index contributed by atoms with van der Waals surface area (Å²) in [7, 11) is 0. The van der Waals surface area contributed by atoms with Crippen LogP contribution in [0.15, 0.2) is 24.3 Å². The van der Waals surface area contributed by atoms with E-state index in [1.807, 2.05) is 0 Å². The highest BCUT2D eigenvalue weighted by Crippen LogP contribution is 2.41. The van der Waals surface area contributed by atoms with Gasteiger partial charge in [0.25, 0.3) is 0 Å². The molecule has 1 unspecified atom stereocenters. The van der Waals surface area contributed by atoms with Crippen molar-refractivity contribution >= 4 is 0 Å². The Morgan fingerprint density at radius 1 is 1.23 bits per heavy atom. The molecule has 0 saturated heterocycles. The van der Waals surface area contributed by atoms with Gasteiger partial charge >= 0.3 is 0 Å². The number of rotatable bonds is 0. The topological polar surface area (TPSA) is 0 Å². The molecule has 0 nitrogen and oxygen atoms in total. The molecular weight excluding hydrogens is 156 g/mol. The van der Waals surface area contributed by atoms with Gasteiger partial charge in [0.05, 0.1) is 0 Å². The highest BCUT2D eigenvalue weighted by atomic mass is 14.3. The van der Waals surface area contributed by atoms with E-state index in [9.17, 15) is 0 Å². The second kappa shape index (κ2) is 2.87. The molecule has 70 valence electrons. The van der Waals surface area contributed by atoms with Gasteiger partial charge in [-0.1, -0.05) is 45.0 Å². The highest BCUT2D eigenvalue weighted by molar-refractivity contribution is 5.37. The van der Waals surface area contributed by atoms with Crippen molar-refractivity contribution in [2.45, 2.75) is 44.9 Å². The minimum atomic E-state index is 0.392. The highest BCUT2D eigenvalue weighted by Gasteiger charge is 2.29. The van der Waals surface area contributed by atoms with Crippen molar-refractivity contribution in [2.24, 2.45) is 0 Å². The third-order valence-electron chi connectivity index (χ3n) is 3.42. The van der Waals surface area contributed by atoms with E-state index >= 15 is 0 Å². The van der Waals surface area contributed by atoms with Gasteiger partial charge in [0.15, 0.2) is 0 Å². The van der Waals surface area contributed by atoms with Crippen LogP contribution in [0.5, 0.6) is 0 Å². The molecule has 0 amide bonds. The van der Waals surface area contributed by atoms with Crippen LogP contribution in [0.1, 0.15) is 50.7 Å². The van der Waals surface area contributed by atoms with Crippen LogP contribution in [-0.2, 0) is 5.41 Å². The first kappa shape index (κ1) is 8.80. The van der Waals surface area contributed by atoms with E-state index in [4.69, 9.17) is 0 Å². The van der Waals surface area contributed by atoms with Gasteiger partial charge in [-0.2, -0.15) is 0 Å². The molecule has 0 aliphatic heterocycles. The molecule has 0 N–H and O–H groups in total. The molecule has 0 aromatic heterocycles. The Hall–Kier alpha value is -0.780. The van der Waals surface area contributed by atoms with Gasteiger partial charge in [0.2, 0.25) is 0 Å². The molecule has 0 saturated carbocycles. The van der Waals surface area contributed by atoms with Crippen LogP contribution in [0.25, 0.3) is 0 Å². The van der Waals surface area contributed by atoms with Crippen LogP contribution in [0.3, 0.4) is 0 Å². The molecule has 1 atom stereocenters. The van der Waals surface area contributed by atoms with E-state index in [1.165, 1.54) is 12.8 Å². The largest absolute Gasteiger partial charge is 0.0620 e. The first-order valence-corrected chi connectivity index (χ1v) is 5.21. The van der Waals surface area contributed by atoms with Gasteiger partial charge in [0.1, 0.15) is 0 Å². The lowest BCUT2D eigenvalue weighted by molar-refractivity contribution is 0.402. The third kappa shape index (κ3) is 1.39. The predicted molar refractivity (Wildman–Crippen MR) is 57.1 cm³/mol. The van der Waals surface area contributed by atoms with Gasteiger partial charge in [-0.15, -0.1) is 0 Å². The lowest BCUT2D eigenvalue weighted by Gasteiger charge is -2.35. The summed E-state index contributed by atoms with van der Waals surface area (Å²) < 4.78 is 0. The van der Waals surface area contributed by atoms with E-state index in [0.29, 0.717) is 5.41 Å². The Morgan fingerprint density at radius 2 is 1.92 bits per heavy atom. The quantitative estimate of drug-likeness (QED) is 0.560. The number of benzene rings is 1. The summed E-state index contributed by atoms with van der Waals surface area (Å²) in [5.41, 5.74) is 3.52. The lowest BCUT2D eigenvalue weighted by atomic mass is 9.69. The number of fused-ring (bicyclic) bond motifs is 1. The molecule has 2 rings (SSSR count). The smallest absolute Gasteiger partial charge is 0.0101 e. The van der Waals surface area contributed by atoms with Crippen molar-refractivity contribution in [1.29, 1.82) is 0 Å². The number of hydrogen-bond donors (Lipinski definition) is 0. The molecule has 1 aromatic carbocycles. The van der Waals surface area contributed by atoms with Gasteiger partial charge in [0, 0.05) is 0 Å². The van der Waals surface area contributed by atoms with Crippen molar-refractivity contribution in [2.75, 3.05) is 0 Å². The minimum Gasteiger partial charge on any atom is -0.0620 e. The lowest BCUT2D eigenvalue weighted by Crippen LogP contribution is -2.25. The van der Waals surface area contributed by atoms with Crippen LogP contribution in [-0.4, -0.2) is 0 Å². The fourth-order valence-corrected chi connectivity index (χ4v) is 2.41. The first-order chi connectivity index (χ1) is 6.11. The first-order valence-electron chi connectivity index (χ1n) is 5.21. The molecular formula is C13H18. The van der Waals surface area contributed by atoms with E-state index < -0.39 is 0 Å². The second-order valence-corrected chi connectivity index (χ2v) is 4.91. The SMILES string of the molecule is CC1CCC(C)(C)c2ccccc21. The molecule has 1 aromatic rings. The predicted octanol–water partition coefficient (Wildman–Crippen LogP) is 3.86. The van der Waals surface area contributed by atoms with Gasteiger partial charge in [-0.25, -0.2) is 0 Å². The summed E-state index contributed by atoms with van der Waals surface area (Å²) in [5.74, 6) is 0.754.